The van der Waals surface area contributed by atoms with Crippen LogP contribution >= 0.6 is 23.1 Å². The number of hydrogen-bond donors (Lipinski definition) is 1. The highest BCUT2D eigenvalue weighted by Crippen LogP contribution is 2.29. The summed E-state index contributed by atoms with van der Waals surface area (Å²) >= 11 is 2.54. The van der Waals surface area contributed by atoms with Gasteiger partial charge in [-0.15, -0.1) is 21.5 Å². The van der Waals surface area contributed by atoms with Gasteiger partial charge in [-0.2, -0.15) is 0 Å². The Morgan fingerprint density at radius 2 is 2.03 bits per heavy atom. The lowest BCUT2D eigenvalue weighted by atomic mass is 10.1. The van der Waals surface area contributed by atoms with Gasteiger partial charge in [0.15, 0.2) is 10.3 Å². The van der Waals surface area contributed by atoms with Gasteiger partial charge in [-0.3, -0.25) is 19.5 Å². The van der Waals surface area contributed by atoms with Gasteiger partial charge in [0.1, 0.15) is 6.33 Å². The van der Waals surface area contributed by atoms with Crippen molar-refractivity contribution < 1.29 is 9.72 Å². The Morgan fingerprint density at radius 3 is 2.81 bits per heavy atom. The Bertz CT molecular complexity index is 1220. The molecule has 1 atom stereocenters. The molecular weight excluding hydrogens is 436 g/mol. The van der Waals surface area contributed by atoms with Gasteiger partial charge in [0.05, 0.1) is 15.9 Å². The van der Waals surface area contributed by atoms with E-state index in [2.05, 4.69) is 20.5 Å². The van der Waals surface area contributed by atoms with E-state index in [-0.39, 0.29) is 11.6 Å². The molecule has 0 saturated heterocycles. The first-order valence-corrected chi connectivity index (χ1v) is 10.9. The molecule has 0 bridgehead atoms. The Labute approximate surface area is 185 Å². The van der Waals surface area contributed by atoms with E-state index in [0.717, 1.165) is 5.69 Å². The van der Waals surface area contributed by atoms with Gasteiger partial charge in [-0.1, -0.05) is 42.1 Å². The molecule has 2 heterocycles. The minimum Gasteiger partial charge on any atom is -0.301 e. The molecule has 0 aliphatic carbocycles. The molecular formula is C20H16N6O3S2. The van der Waals surface area contributed by atoms with Crippen molar-refractivity contribution in [1.29, 1.82) is 0 Å². The van der Waals surface area contributed by atoms with Gasteiger partial charge in [0, 0.05) is 28.8 Å². The number of para-hydroxylation sites is 1. The molecule has 0 saturated carbocycles. The highest BCUT2D eigenvalue weighted by Gasteiger charge is 2.20. The van der Waals surface area contributed by atoms with E-state index in [9.17, 15) is 14.9 Å². The fourth-order valence-corrected chi connectivity index (χ4v) is 4.30. The molecule has 4 rings (SSSR count). The SMILES string of the molecule is C[C@H](Sc1nncn1-c1ccccc1)C(=O)Nc1nc(-c2cccc([N+](=O)[O-])c2)cs1. The van der Waals surface area contributed by atoms with Gasteiger partial charge >= 0.3 is 0 Å². The number of carbonyl (C=O) groups is 1. The monoisotopic (exact) mass is 452 g/mol. The summed E-state index contributed by atoms with van der Waals surface area (Å²) in [6.07, 6.45) is 1.61. The van der Waals surface area contributed by atoms with Crippen molar-refractivity contribution in [1.82, 2.24) is 19.7 Å². The highest BCUT2D eigenvalue weighted by atomic mass is 32.2. The summed E-state index contributed by atoms with van der Waals surface area (Å²) in [5.74, 6) is -0.229. The molecule has 2 aromatic carbocycles. The molecule has 0 aliphatic heterocycles. The van der Waals surface area contributed by atoms with Crippen molar-refractivity contribution in [2.45, 2.75) is 17.3 Å². The normalized spacial score (nSPS) is 11.8. The molecule has 31 heavy (non-hydrogen) atoms. The van der Waals surface area contributed by atoms with E-state index in [4.69, 9.17) is 0 Å². The molecule has 1 N–H and O–H groups in total. The highest BCUT2D eigenvalue weighted by molar-refractivity contribution is 8.00. The maximum absolute atomic E-state index is 12.7. The number of thiazole rings is 1. The number of nitrogens with zero attached hydrogens (tertiary/aromatic N) is 5. The average molecular weight is 453 g/mol. The Hall–Kier alpha value is -3.57. The molecule has 2 aromatic heterocycles. The van der Waals surface area contributed by atoms with Crippen LogP contribution in [0.5, 0.6) is 0 Å². The third-order valence-corrected chi connectivity index (χ3v) is 6.10. The van der Waals surface area contributed by atoms with E-state index < -0.39 is 10.2 Å². The molecule has 0 aliphatic rings. The summed E-state index contributed by atoms with van der Waals surface area (Å²) < 4.78 is 1.82. The van der Waals surface area contributed by atoms with E-state index in [1.165, 1.54) is 35.2 Å². The number of hydrogen-bond acceptors (Lipinski definition) is 8. The maximum Gasteiger partial charge on any atom is 0.270 e. The first-order chi connectivity index (χ1) is 15.0. The summed E-state index contributed by atoms with van der Waals surface area (Å²) in [6, 6.07) is 15.8. The van der Waals surface area contributed by atoms with Crippen LogP contribution in [0.15, 0.2) is 71.5 Å². The second kappa shape index (κ2) is 9.06. The summed E-state index contributed by atoms with van der Waals surface area (Å²) in [5, 5.41) is 24.2. The second-order valence-electron chi connectivity index (χ2n) is 6.41. The Kier molecular flexibility index (Phi) is 6.05. The standard InChI is InChI=1S/C20H16N6O3S2/c1-13(31-20-24-21-12-25(20)15-7-3-2-4-8-15)18(27)23-19-22-17(11-30-19)14-6-5-9-16(10-14)26(28)29/h2-13H,1H3,(H,22,23,27)/t13-/m0/s1. The predicted molar refractivity (Wildman–Crippen MR) is 120 cm³/mol. The van der Waals surface area contributed by atoms with Gasteiger partial charge in [0.25, 0.3) is 5.69 Å². The number of nitro groups is 1. The van der Waals surface area contributed by atoms with Crippen LogP contribution in [0, 0.1) is 10.1 Å². The van der Waals surface area contributed by atoms with Crippen LogP contribution < -0.4 is 5.32 Å². The van der Waals surface area contributed by atoms with Crippen LogP contribution in [-0.4, -0.2) is 35.8 Å². The third-order valence-electron chi connectivity index (χ3n) is 4.29. The van der Waals surface area contributed by atoms with Crippen molar-refractivity contribution in [2.24, 2.45) is 0 Å². The number of aromatic nitrogens is 4. The number of carbonyl (C=O) groups excluding carboxylic acids is 1. The van der Waals surface area contributed by atoms with Gasteiger partial charge in [0.2, 0.25) is 5.91 Å². The summed E-state index contributed by atoms with van der Waals surface area (Å²) in [7, 11) is 0. The smallest absolute Gasteiger partial charge is 0.270 e. The van der Waals surface area contributed by atoms with Gasteiger partial charge in [-0.05, 0) is 19.1 Å². The summed E-state index contributed by atoms with van der Waals surface area (Å²) in [5.41, 5.74) is 2.07. The van der Waals surface area contributed by atoms with Crippen LogP contribution in [0.25, 0.3) is 16.9 Å². The molecule has 4 aromatic rings. The minimum atomic E-state index is -0.453. The van der Waals surface area contributed by atoms with Crippen LogP contribution in [-0.2, 0) is 4.79 Å². The number of benzene rings is 2. The number of thioether (sulfide) groups is 1. The molecule has 9 nitrogen and oxygen atoms in total. The number of nitrogens with one attached hydrogen (secondary N) is 1. The molecule has 0 unspecified atom stereocenters. The molecule has 0 radical (unpaired) electrons. The Balaban J connectivity index is 1.43. The van der Waals surface area contributed by atoms with Gasteiger partial charge < -0.3 is 5.32 Å². The van der Waals surface area contributed by atoms with Gasteiger partial charge in [-0.25, -0.2) is 4.98 Å². The van der Waals surface area contributed by atoms with E-state index in [0.29, 0.717) is 21.5 Å². The average Bonchev–Trinajstić information content (AvgIpc) is 3.44. The lowest BCUT2D eigenvalue weighted by Gasteiger charge is -2.11. The molecule has 156 valence electrons. The number of non-ortho nitro benzene ring substituents is 1. The van der Waals surface area contributed by atoms with E-state index in [1.807, 2.05) is 34.9 Å². The lowest BCUT2D eigenvalue weighted by molar-refractivity contribution is -0.384. The Morgan fingerprint density at radius 1 is 1.23 bits per heavy atom. The number of amides is 1. The van der Waals surface area contributed by atoms with Crippen molar-refractivity contribution >= 4 is 39.8 Å². The zero-order valence-electron chi connectivity index (χ0n) is 16.2. The minimum absolute atomic E-state index is 0.0105. The van der Waals surface area contributed by atoms with E-state index >= 15 is 0 Å². The summed E-state index contributed by atoms with van der Waals surface area (Å²) in [6.45, 7) is 1.78. The van der Waals surface area contributed by atoms with Crippen LogP contribution in [0.3, 0.4) is 0 Å². The van der Waals surface area contributed by atoms with Crippen molar-refractivity contribution in [3.63, 3.8) is 0 Å². The number of rotatable bonds is 7. The molecule has 0 spiro atoms. The molecule has 0 fully saturated rings. The van der Waals surface area contributed by atoms with Crippen LogP contribution in [0.1, 0.15) is 6.92 Å². The quantitative estimate of drug-likeness (QED) is 0.251. The first-order valence-electron chi connectivity index (χ1n) is 9.14. The lowest BCUT2D eigenvalue weighted by Crippen LogP contribution is -2.22. The van der Waals surface area contributed by atoms with Crippen LogP contribution in [0.2, 0.25) is 0 Å². The number of anilines is 1. The second-order valence-corrected chi connectivity index (χ2v) is 8.58. The summed E-state index contributed by atoms with van der Waals surface area (Å²) in [4.78, 5) is 27.6. The van der Waals surface area contributed by atoms with Crippen LogP contribution in [0.4, 0.5) is 10.8 Å². The zero-order chi connectivity index (χ0) is 21.8. The predicted octanol–water partition coefficient (Wildman–Crippen LogP) is 4.42. The van der Waals surface area contributed by atoms with Crippen molar-refractivity contribution in [2.75, 3.05) is 5.32 Å². The van der Waals surface area contributed by atoms with E-state index in [1.54, 1.807) is 30.8 Å². The zero-order valence-corrected chi connectivity index (χ0v) is 17.8. The maximum atomic E-state index is 12.7. The fraction of sp³-hybridized carbons (Fsp3) is 0.100. The first kappa shape index (κ1) is 20.7. The fourth-order valence-electron chi connectivity index (χ4n) is 2.73. The third kappa shape index (κ3) is 4.78. The van der Waals surface area contributed by atoms with Crippen molar-refractivity contribution in [3.05, 3.63) is 76.4 Å². The van der Waals surface area contributed by atoms with Crippen molar-refractivity contribution in [3.8, 4) is 16.9 Å². The molecule has 11 heteroatoms. The largest absolute Gasteiger partial charge is 0.301 e. The number of nitro benzene ring substituents is 1. The molecule has 1 amide bonds. The topological polar surface area (TPSA) is 116 Å².